The summed E-state index contributed by atoms with van der Waals surface area (Å²) in [5.41, 5.74) is 0. The van der Waals surface area contributed by atoms with Gasteiger partial charge < -0.3 is 15.2 Å². The molecule has 0 bridgehead atoms. The van der Waals surface area contributed by atoms with Crippen LogP contribution in [-0.2, 0) is 9.53 Å². The van der Waals surface area contributed by atoms with Crippen LogP contribution in [0.5, 0.6) is 0 Å². The lowest BCUT2D eigenvalue weighted by molar-refractivity contribution is -0.118. The first-order valence-corrected chi connectivity index (χ1v) is 5.72. The third-order valence-electron chi connectivity index (χ3n) is 1.94. The van der Waals surface area contributed by atoms with E-state index in [0.29, 0.717) is 32.6 Å². The summed E-state index contributed by atoms with van der Waals surface area (Å²) in [6.07, 6.45) is 3.19. The van der Waals surface area contributed by atoms with Gasteiger partial charge in [-0.25, -0.2) is 0 Å². The molecule has 0 rings (SSSR count). The zero-order chi connectivity index (χ0) is 11.4. The number of nitrogens with one attached hydrogen (secondary N) is 1. The van der Waals surface area contributed by atoms with Gasteiger partial charge in [-0.15, -0.1) is 0 Å². The molecule has 90 valence electrons. The Balaban J connectivity index is 3.01. The van der Waals surface area contributed by atoms with Crippen molar-refractivity contribution in [1.82, 2.24) is 5.32 Å². The smallest absolute Gasteiger partial charge is 0.146 e. The van der Waals surface area contributed by atoms with E-state index < -0.39 is 0 Å². The summed E-state index contributed by atoms with van der Waals surface area (Å²) >= 11 is 0. The molecule has 0 amide bonds. The number of rotatable bonds is 11. The van der Waals surface area contributed by atoms with Crippen molar-refractivity contribution < 1.29 is 14.6 Å². The van der Waals surface area contributed by atoms with Gasteiger partial charge in [-0.2, -0.15) is 0 Å². The van der Waals surface area contributed by atoms with E-state index in [1.165, 1.54) is 0 Å². The number of aliphatic hydroxyl groups excluding tert-OH is 1. The molecule has 0 atom stereocenters. The number of ether oxygens (including phenoxy) is 1. The monoisotopic (exact) mass is 217 g/mol. The summed E-state index contributed by atoms with van der Waals surface area (Å²) in [6, 6.07) is 0. The topological polar surface area (TPSA) is 58.6 Å². The molecule has 0 heterocycles. The number of aliphatic hydroxyl groups is 1. The van der Waals surface area contributed by atoms with Gasteiger partial charge in [-0.05, 0) is 25.8 Å². The van der Waals surface area contributed by atoms with Crippen LogP contribution in [0.3, 0.4) is 0 Å². The van der Waals surface area contributed by atoms with Crippen molar-refractivity contribution in [2.45, 2.75) is 32.6 Å². The van der Waals surface area contributed by atoms with Crippen LogP contribution in [0, 0.1) is 0 Å². The third kappa shape index (κ3) is 11.5. The van der Waals surface area contributed by atoms with Crippen molar-refractivity contribution in [2.24, 2.45) is 0 Å². The van der Waals surface area contributed by atoms with Gasteiger partial charge in [0.2, 0.25) is 0 Å². The summed E-state index contributed by atoms with van der Waals surface area (Å²) in [5.74, 6) is 0.277. The predicted molar refractivity (Wildman–Crippen MR) is 59.9 cm³/mol. The quantitative estimate of drug-likeness (QED) is 0.501. The van der Waals surface area contributed by atoms with Crippen LogP contribution in [0.15, 0.2) is 0 Å². The first kappa shape index (κ1) is 14.6. The highest BCUT2D eigenvalue weighted by Crippen LogP contribution is 1.88. The van der Waals surface area contributed by atoms with Crippen LogP contribution >= 0.6 is 0 Å². The lowest BCUT2D eigenvalue weighted by Gasteiger charge is -2.04. The normalized spacial score (nSPS) is 10.5. The van der Waals surface area contributed by atoms with E-state index in [1.807, 2.05) is 6.92 Å². The van der Waals surface area contributed by atoms with Crippen molar-refractivity contribution in [3.05, 3.63) is 0 Å². The van der Waals surface area contributed by atoms with Crippen LogP contribution in [0.4, 0.5) is 0 Å². The number of ketones is 1. The molecule has 0 saturated heterocycles. The molecule has 0 aromatic rings. The van der Waals surface area contributed by atoms with Gasteiger partial charge in [-0.1, -0.05) is 6.92 Å². The van der Waals surface area contributed by atoms with Gasteiger partial charge in [-0.3, -0.25) is 4.79 Å². The molecule has 0 aliphatic heterocycles. The van der Waals surface area contributed by atoms with Gasteiger partial charge in [0, 0.05) is 26.2 Å². The number of Topliss-reactive ketones (excluding diaryl/α,β-unsaturated/α-hetero) is 1. The lowest BCUT2D eigenvalue weighted by Crippen LogP contribution is -2.24. The van der Waals surface area contributed by atoms with Crippen molar-refractivity contribution in [3.8, 4) is 0 Å². The van der Waals surface area contributed by atoms with E-state index in [1.54, 1.807) is 0 Å². The van der Waals surface area contributed by atoms with Crippen LogP contribution in [0.25, 0.3) is 0 Å². The number of carbonyl (C=O) groups excluding carboxylic acids is 1. The number of hydrogen-bond donors (Lipinski definition) is 2. The Morgan fingerprint density at radius 1 is 1.33 bits per heavy atom. The van der Waals surface area contributed by atoms with Crippen LogP contribution in [0.1, 0.15) is 32.6 Å². The fourth-order valence-corrected chi connectivity index (χ4v) is 1.16. The van der Waals surface area contributed by atoms with Crippen molar-refractivity contribution >= 4 is 5.78 Å². The molecule has 4 nitrogen and oxygen atoms in total. The average Bonchev–Trinajstić information content (AvgIpc) is 2.22. The molecule has 0 aromatic heterocycles. The minimum absolute atomic E-state index is 0.184. The van der Waals surface area contributed by atoms with E-state index >= 15 is 0 Å². The van der Waals surface area contributed by atoms with E-state index in [0.717, 1.165) is 19.4 Å². The molecule has 0 aliphatic rings. The molecular formula is C11H23NO3. The minimum Gasteiger partial charge on any atom is -0.396 e. The fourth-order valence-electron chi connectivity index (χ4n) is 1.16. The average molecular weight is 217 g/mol. The molecule has 0 saturated carbocycles. The third-order valence-corrected chi connectivity index (χ3v) is 1.94. The zero-order valence-corrected chi connectivity index (χ0v) is 9.63. The summed E-state index contributed by atoms with van der Waals surface area (Å²) in [5, 5.41) is 11.6. The van der Waals surface area contributed by atoms with Gasteiger partial charge in [0.05, 0.1) is 6.54 Å². The summed E-state index contributed by atoms with van der Waals surface area (Å²) in [4.78, 5) is 11.1. The predicted octanol–water partition coefficient (Wildman–Crippen LogP) is 0.734. The van der Waals surface area contributed by atoms with Crippen LogP contribution < -0.4 is 5.32 Å². The summed E-state index contributed by atoms with van der Waals surface area (Å²) < 4.78 is 5.24. The Bertz CT molecular complexity index is 151. The number of carbonyl (C=O) groups is 1. The van der Waals surface area contributed by atoms with E-state index in [9.17, 15) is 4.79 Å². The van der Waals surface area contributed by atoms with Crippen molar-refractivity contribution in [1.29, 1.82) is 0 Å². The Hall–Kier alpha value is -0.450. The molecule has 15 heavy (non-hydrogen) atoms. The molecule has 0 radical (unpaired) electrons. The highest BCUT2D eigenvalue weighted by Gasteiger charge is 1.98. The van der Waals surface area contributed by atoms with Gasteiger partial charge in [0.1, 0.15) is 5.78 Å². The highest BCUT2D eigenvalue weighted by molar-refractivity contribution is 5.80. The maximum absolute atomic E-state index is 11.1. The Morgan fingerprint density at radius 3 is 2.73 bits per heavy atom. The zero-order valence-electron chi connectivity index (χ0n) is 9.63. The van der Waals surface area contributed by atoms with E-state index in [4.69, 9.17) is 9.84 Å². The second-order valence-corrected chi connectivity index (χ2v) is 3.51. The second kappa shape index (κ2) is 11.6. The van der Waals surface area contributed by atoms with Crippen molar-refractivity contribution in [2.75, 3.05) is 32.9 Å². The Morgan fingerprint density at radius 2 is 2.07 bits per heavy atom. The Kier molecular flexibility index (Phi) is 11.3. The molecule has 0 aliphatic carbocycles. The first-order chi connectivity index (χ1) is 7.31. The van der Waals surface area contributed by atoms with Gasteiger partial charge >= 0.3 is 0 Å². The Labute approximate surface area is 92.0 Å². The first-order valence-electron chi connectivity index (χ1n) is 5.72. The molecular weight excluding hydrogens is 194 g/mol. The second-order valence-electron chi connectivity index (χ2n) is 3.51. The SMILES string of the molecule is CCCC(=O)CNCCCOCCCO. The van der Waals surface area contributed by atoms with Gasteiger partial charge in [0.15, 0.2) is 0 Å². The van der Waals surface area contributed by atoms with Crippen LogP contribution in [-0.4, -0.2) is 43.8 Å². The maximum Gasteiger partial charge on any atom is 0.146 e. The van der Waals surface area contributed by atoms with Crippen LogP contribution in [0.2, 0.25) is 0 Å². The van der Waals surface area contributed by atoms with E-state index in [-0.39, 0.29) is 12.4 Å². The summed E-state index contributed by atoms with van der Waals surface area (Å²) in [7, 11) is 0. The molecule has 0 aromatic carbocycles. The molecule has 0 unspecified atom stereocenters. The molecule has 4 heteroatoms. The largest absolute Gasteiger partial charge is 0.396 e. The maximum atomic E-state index is 11.1. The molecule has 0 spiro atoms. The number of hydrogen-bond acceptors (Lipinski definition) is 4. The fraction of sp³-hybridized carbons (Fsp3) is 0.909. The lowest BCUT2D eigenvalue weighted by atomic mass is 10.2. The van der Waals surface area contributed by atoms with E-state index in [2.05, 4.69) is 5.32 Å². The minimum atomic E-state index is 0.184. The standard InChI is InChI=1S/C11H23NO3/c1-2-5-11(14)10-12-6-3-8-15-9-4-7-13/h12-13H,2-10H2,1H3. The van der Waals surface area contributed by atoms with Crippen molar-refractivity contribution in [3.63, 3.8) is 0 Å². The highest BCUT2D eigenvalue weighted by atomic mass is 16.5. The molecule has 2 N–H and O–H groups in total. The molecule has 0 fully saturated rings. The summed E-state index contributed by atoms with van der Waals surface area (Å²) in [6.45, 7) is 4.79. The van der Waals surface area contributed by atoms with Gasteiger partial charge in [0.25, 0.3) is 0 Å².